The van der Waals surface area contributed by atoms with Crippen LogP contribution in [0.4, 0.5) is 0 Å². The van der Waals surface area contributed by atoms with Crippen molar-refractivity contribution in [1.29, 1.82) is 0 Å². The van der Waals surface area contributed by atoms with Crippen molar-refractivity contribution in [2.75, 3.05) is 7.05 Å². The van der Waals surface area contributed by atoms with Gasteiger partial charge in [0.2, 0.25) is 0 Å². The first-order valence-corrected chi connectivity index (χ1v) is 10.4. The number of pyridine rings is 1. The van der Waals surface area contributed by atoms with Crippen LogP contribution in [0.15, 0.2) is 40.9 Å². The van der Waals surface area contributed by atoms with Crippen molar-refractivity contribution in [1.82, 2.24) is 14.9 Å². The minimum atomic E-state index is 0.0644. The Bertz CT molecular complexity index is 1080. The van der Waals surface area contributed by atoms with E-state index in [4.69, 9.17) is 9.40 Å². The summed E-state index contributed by atoms with van der Waals surface area (Å²) in [4.78, 5) is 23.5. The van der Waals surface area contributed by atoms with Gasteiger partial charge in [-0.2, -0.15) is 0 Å². The second-order valence-electron chi connectivity index (χ2n) is 8.35. The van der Waals surface area contributed by atoms with Gasteiger partial charge in [-0.3, -0.25) is 9.78 Å². The molecule has 2 aliphatic rings. The topological polar surface area (TPSA) is 59.2 Å². The predicted molar refractivity (Wildman–Crippen MR) is 111 cm³/mol. The van der Waals surface area contributed by atoms with Crippen molar-refractivity contribution in [2.45, 2.75) is 45.6 Å². The van der Waals surface area contributed by atoms with Crippen LogP contribution in [0.25, 0.3) is 22.6 Å². The summed E-state index contributed by atoms with van der Waals surface area (Å²) in [5.41, 5.74) is 5.43. The molecule has 1 aromatic carbocycles. The number of aryl methyl sites for hydroxylation is 1. The van der Waals surface area contributed by atoms with E-state index < -0.39 is 0 Å². The molecule has 1 amide bonds. The third-order valence-electron chi connectivity index (χ3n) is 6.16. The maximum atomic E-state index is 12.4. The lowest BCUT2D eigenvalue weighted by Gasteiger charge is -2.09. The van der Waals surface area contributed by atoms with Crippen molar-refractivity contribution in [3.63, 3.8) is 0 Å². The van der Waals surface area contributed by atoms with Gasteiger partial charge in [0.15, 0.2) is 11.7 Å². The number of aromatic nitrogens is 2. The van der Waals surface area contributed by atoms with Gasteiger partial charge in [-0.15, -0.1) is 0 Å². The lowest BCUT2D eigenvalue weighted by atomic mass is 9.99. The summed E-state index contributed by atoms with van der Waals surface area (Å²) in [7, 11) is 1.83. The highest BCUT2D eigenvalue weighted by atomic mass is 16.4. The van der Waals surface area contributed by atoms with Crippen molar-refractivity contribution in [2.24, 2.45) is 5.92 Å². The monoisotopic (exact) mass is 387 g/mol. The van der Waals surface area contributed by atoms with Gasteiger partial charge < -0.3 is 9.32 Å². The molecule has 0 unspecified atom stereocenters. The van der Waals surface area contributed by atoms with Crippen molar-refractivity contribution in [3.05, 3.63) is 59.2 Å². The molecule has 5 nitrogen and oxygen atoms in total. The second kappa shape index (κ2) is 7.14. The molecule has 1 fully saturated rings. The normalized spacial score (nSPS) is 16.6. The number of hydrogen-bond donors (Lipinski definition) is 0. The fourth-order valence-electron chi connectivity index (χ4n) is 4.56. The molecule has 0 bridgehead atoms. The van der Waals surface area contributed by atoms with Crippen LogP contribution in [-0.2, 0) is 13.0 Å². The van der Waals surface area contributed by atoms with E-state index in [1.165, 1.54) is 25.7 Å². The Balaban J connectivity index is 1.52. The van der Waals surface area contributed by atoms with Gasteiger partial charge in [-0.1, -0.05) is 25.0 Å². The lowest BCUT2D eigenvalue weighted by molar-refractivity contribution is 0.0816. The fraction of sp³-hybridized carbons (Fsp3) is 0.375. The lowest BCUT2D eigenvalue weighted by Crippen LogP contribution is -2.17. The van der Waals surface area contributed by atoms with Gasteiger partial charge in [0.05, 0.1) is 11.9 Å². The molecule has 1 aliphatic carbocycles. The maximum absolute atomic E-state index is 12.4. The molecule has 1 aliphatic heterocycles. The molecule has 29 heavy (non-hydrogen) atoms. The Morgan fingerprint density at radius 3 is 2.79 bits per heavy atom. The van der Waals surface area contributed by atoms with Crippen LogP contribution < -0.4 is 0 Å². The average molecular weight is 387 g/mol. The number of oxazole rings is 1. The molecule has 148 valence electrons. The molecule has 1 saturated carbocycles. The number of nitrogens with zero attached hydrogens (tertiary/aromatic N) is 3. The predicted octanol–water partition coefficient (Wildman–Crippen LogP) is 5.03. The summed E-state index contributed by atoms with van der Waals surface area (Å²) < 4.78 is 6.14. The van der Waals surface area contributed by atoms with E-state index in [0.29, 0.717) is 12.5 Å². The quantitative estimate of drug-likeness (QED) is 0.630. The highest BCUT2D eigenvalue weighted by Gasteiger charge is 2.25. The highest BCUT2D eigenvalue weighted by Crippen LogP contribution is 2.35. The van der Waals surface area contributed by atoms with Gasteiger partial charge in [0.1, 0.15) is 0 Å². The summed E-state index contributed by atoms with van der Waals surface area (Å²) in [6.07, 6.45) is 7.90. The van der Waals surface area contributed by atoms with Crippen LogP contribution in [0.2, 0.25) is 0 Å². The molecule has 3 aromatic rings. The third kappa shape index (κ3) is 3.35. The van der Waals surface area contributed by atoms with Gasteiger partial charge in [0.25, 0.3) is 5.91 Å². The van der Waals surface area contributed by atoms with Crippen LogP contribution in [0.5, 0.6) is 0 Å². The number of carbonyl (C=O) groups excluding carboxylic acids is 1. The van der Waals surface area contributed by atoms with E-state index in [9.17, 15) is 4.79 Å². The molecule has 0 N–H and O–H groups in total. The standard InChI is InChI=1S/C24H25N3O2/c1-15-7-10-19(21-13-25-22(29-21)11-16-5-3-4-6-16)23(26-15)17-8-9-18-14-27(2)24(28)20(18)12-17/h7-10,12-13,16H,3-6,11,14H2,1-2H3. The number of amides is 1. The average Bonchev–Trinajstić information content (AvgIpc) is 3.45. The fourth-order valence-corrected chi connectivity index (χ4v) is 4.56. The van der Waals surface area contributed by atoms with Crippen molar-refractivity contribution in [3.8, 4) is 22.6 Å². The summed E-state index contributed by atoms with van der Waals surface area (Å²) in [6.45, 7) is 2.64. The van der Waals surface area contributed by atoms with E-state index in [0.717, 1.165) is 51.7 Å². The first kappa shape index (κ1) is 18.1. The summed E-state index contributed by atoms with van der Waals surface area (Å²) in [6, 6.07) is 10.1. The third-order valence-corrected chi connectivity index (χ3v) is 6.16. The molecule has 0 atom stereocenters. The van der Waals surface area contributed by atoms with Crippen LogP contribution in [0.1, 0.15) is 53.2 Å². The van der Waals surface area contributed by atoms with Gasteiger partial charge in [0, 0.05) is 42.4 Å². The Morgan fingerprint density at radius 2 is 1.97 bits per heavy atom. The van der Waals surface area contributed by atoms with Crippen LogP contribution >= 0.6 is 0 Å². The Kier molecular flexibility index (Phi) is 4.46. The zero-order valence-corrected chi connectivity index (χ0v) is 16.9. The number of carbonyl (C=O) groups is 1. The zero-order valence-electron chi connectivity index (χ0n) is 16.9. The van der Waals surface area contributed by atoms with E-state index in [-0.39, 0.29) is 5.91 Å². The van der Waals surface area contributed by atoms with Gasteiger partial charge >= 0.3 is 0 Å². The van der Waals surface area contributed by atoms with Gasteiger partial charge in [-0.05, 0) is 49.4 Å². The second-order valence-corrected chi connectivity index (χ2v) is 8.35. The molecule has 5 rings (SSSR count). The maximum Gasteiger partial charge on any atom is 0.254 e. The SMILES string of the molecule is Cc1ccc(-c2cnc(CC3CCCC3)o2)c(-c2ccc3c(c2)C(=O)N(C)C3)n1. The number of hydrogen-bond acceptors (Lipinski definition) is 4. The van der Waals surface area contributed by atoms with E-state index in [1.807, 2.05) is 50.5 Å². The Hall–Kier alpha value is -2.95. The van der Waals surface area contributed by atoms with Gasteiger partial charge in [-0.25, -0.2) is 4.98 Å². The minimum absolute atomic E-state index is 0.0644. The summed E-state index contributed by atoms with van der Waals surface area (Å²) >= 11 is 0. The van der Waals surface area contributed by atoms with Crippen molar-refractivity contribution >= 4 is 5.91 Å². The van der Waals surface area contributed by atoms with E-state index >= 15 is 0 Å². The van der Waals surface area contributed by atoms with Crippen molar-refractivity contribution < 1.29 is 9.21 Å². The van der Waals surface area contributed by atoms with Crippen LogP contribution in [0.3, 0.4) is 0 Å². The molecule has 3 heterocycles. The summed E-state index contributed by atoms with van der Waals surface area (Å²) in [5, 5.41) is 0. The molecule has 0 radical (unpaired) electrons. The molecular weight excluding hydrogens is 362 g/mol. The van der Waals surface area contributed by atoms with Crippen LogP contribution in [-0.4, -0.2) is 27.8 Å². The molecular formula is C24H25N3O2. The van der Waals surface area contributed by atoms with E-state index in [1.54, 1.807) is 4.90 Å². The zero-order chi connectivity index (χ0) is 20.0. The number of rotatable bonds is 4. The smallest absolute Gasteiger partial charge is 0.254 e. The molecule has 0 saturated heterocycles. The number of fused-ring (bicyclic) bond motifs is 1. The minimum Gasteiger partial charge on any atom is -0.441 e. The Morgan fingerprint density at radius 1 is 1.14 bits per heavy atom. The first-order valence-electron chi connectivity index (χ1n) is 10.4. The highest BCUT2D eigenvalue weighted by molar-refractivity contribution is 5.99. The van der Waals surface area contributed by atoms with Crippen LogP contribution in [0, 0.1) is 12.8 Å². The summed E-state index contributed by atoms with van der Waals surface area (Å²) in [5.74, 6) is 2.31. The molecule has 5 heteroatoms. The largest absolute Gasteiger partial charge is 0.441 e. The molecule has 0 spiro atoms. The first-order chi connectivity index (χ1) is 14.1. The van der Waals surface area contributed by atoms with E-state index in [2.05, 4.69) is 4.98 Å². The molecule has 2 aromatic heterocycles. The Labute approximate surface area is 170 Å². The number of benzene rings is 1.